The van der Waals surface area contributed by atoms with Crippen molar-refractivity contribution in [3.8, 4) is 5.75 Å². The zero-order chi connectivity index (χ0) is 11.7. The van der Waals surface area contributed by atoms with Crippen LogP contribution in [0.15, 0.2) is 18.2 Å². The molecule has 1 aromatic rings. The third-order valence-corrected chi connectivity index (χ3v) is 2.71. The maximum absolute atomic E-state index is 12.7. The van der Waals surface area contributed by atoms with Crippen LogP contribution < -0.4 is 11.1 Å². The number of nitrogens with two attached hydrogens (primary N) is 1. The zero-order valence-corrected chi connectivity index (χ0v) is 8.61. The van der Waals surface area contributed by atoms with Gasteiger partial charge >= 0.3 is 0 Å². The Balaban J connectivity index is 2.03. The summed E-state index contributed by atoms with van der Waals surface area (Å²) in [5.41, 5.74) is 5.67. The Morgan fingerprint density at radius 1 is 1.50 bits per heavy atom. The van der Waals surface area contributed by atoms with Crippen LogP contribution in [-0.2, 0) is 0 Å². The summed E-state index contributed by atoms with van der Waals surface area (Å²) in [7, 11) is 0. The van der Waals surface area contributed by atoms with E-state index in [1.54, 1.807) is 0 Å². The van der Waals surface area contributed by atoms with Crippen LogP contribution in [0.4, 0.5) is 4.39 Å². The third kappa shape index (κ3) is 2.14. The smallest absolute Gasteiger partial charge is 0.255 e. The molecule has 1 aromatic carbocycles. The van der Waals surface area contributed by atoms with Crippen LogP contribution >= 0.6 is 0 Å². The molecular weight excluding hydrogens is 211 g/mol. The average Bonchev–Trinajstić information content (AvgIpc) is 2.15. The normalized spacial score (nSPS) is 23.6. The predicted octanol–water partition coefficient (Wildman–Crippen LogP) is 0.751. The molecule has 0 bridgehead atoms. The molecule has 1 amide bonds. The number of rotatable bonds is 2. The molecule has 0 radical (unpaired) electrons. The number of hydrogen-bond donors (Lipinski definition) is 3. The zero-order valence-electron chi connectivity index (χ0n) is 8.61. The lowest BCUT2D eigenvalue weighted by Gasteiger charge is -2.32. The number of aromatic hydroxyl groups is 1. The van der Waals surface area contributed by atoms with E-state index in [2.05, 4.69) is 5.32 Å². The number of phenols is 1. The molecule has 0 heterocycles. The van der Waals surface area contributed by atoms with Crippen LogP contribution in [0, 0.1) is 5.82 Å². The van der Waals surface area contributed by atoms with Gasteiger partial charge < -0.3 is 16.2 Å². The van der Waals surface area contributed by atoms with Gasteiger partial charge in [0, 0.05) is 18.2 Å². The molecule has 0 saturated heterocycles. The van der Waals surface area contributed by atoms with Gasteiger partial charge in [-0.2, -0.15) is 0 Å². The minimum atomic E-state index is -0.570. The summed E-state index contributed by atoms with van der Waals surface area (Å²) >= 11 is 0. The van der Waals surface area contributed by atoms with Crippen LogP contribution in [0.1, 0.15) is 23.2 Å². The molecule has 86 valence electrons. The van der Waals surface area contributed by atoms with Crippen LogP contribution in [0.3, 0.4) is 0 Å². The van der Waals surface area contributed by atoms with E-state index in [1.807, 2.05) is 0 Å². The number of phenolic OH excluding ortho intramolecular Hbond substituents is 1. The second-order valence-electron chi connectivity index (χ2n) is 4.06. The van der Waals surface area contributed by atoms with Gasteiger partial charge in [-0.15, -0.1) is 0 Å². The van der Waals surface area contributed by atoms with E-state index in [0.29, 0.717) is 0 Å². The SMILES string of the molecule is NC1CC(NC(=O)c2ccc(F)cc2O)C1. The quantitative estimate of drug-likeness (QED) is 0.694. The molecule has 2 rings (SSSR count). The molecule has 0 unspecified atom stereocenters. The average molecular weight is 224 g/mol. The number of benzene rings is 1. The Bertz CT molecular complexity index is 416. The van der Waals surface area contributed by atoms with Crippen LogP contribution in [-0.4, -0.2) is 23.1 Å². The maximum Gasteiger partial charge on any atom is 0.255 e. The summed E-state index contributed by atoms with van der Waals surface area (Å²) in [6, 6.07) is 3.53. The minimum Gasteiger partial charge on any atom is -0.507 e. The van der Waals surface area contributed by atoms with E-state index in [-0.39, 0.29) is 23.4 Å². The molecule has 4 N–H and O–H groups in total. The third-order valence-electron chi connectivity index (χ3n) is 2.71. The molecule has 0 aromatic heterocycles. The van der Waals surface area contributed by atoms with E-state index in [4.69, 9.17) is 5.73 Å². The molecule has 1 aliphatic rings. The fraction of sp³-hybridized carbons (Fsp3) is 0.364. The minimum absolute atomic E-state index is 0.0620. The highest BCUT2D eigenvalue weighted by atomic mass is 19.1. The van der Waals surface area contributed by atoms with Crippen molar-refractivity contribution in [1.29, 1.82) is 0 Å². The van der Waals surface area contributed by atoms with Gasteiger partial charge in [0.2, 0.25) is 0 Å². The summed E-state index contributed by atoms with van der Waals surface area (Å²) < 4.78 is 12.7. The molecule has 16 heavy (non-hydrogen) atoms. The van der Waals surface area contributed by atoms with Crippen molar-refractivity contribution >= 4 is 5.91 Å². The topological polar surface area (TPSA) is 75.3 Å². The van der Waals surface area contributed by atoms with Gasteiger partial charge in [-0.25, -0.2) is 4.39 Å². The summed E-state index contributed by atoms with van der Waals surface area (Å²) in [5, 5.41) is 12.1. The Morgan fingerprint density at radius 3 is 2.75 bits per heavy atom. The lowest BCUT2D eigenvalue weighted by Crippen LogP contribution is -2.50. The Kier molecular flexibility index (Phi) is 2.78. The van der Waals surface area contributed by atoms with Gasteiger partial charge in [0.05, 0.1) is 5.56 Å². The Hall–Kier alpha value is -1.62. The van der Waals surface area contributed by atoms with Crippen molar-refractivity contribution in [2.45, 2.75) is 24.9 Å². The first-order chi connectivity index (χ1) is 7.56. The van der Waals surface area contributed by atoms with Crippen molar-refractivity contribution in [1.82, 2.24) is 5.32 Å². The van der Waals surface area contributed by atoms with Crippen molar-refractivity contribution in [3.05, 3.63) is 29.6 Å². The van der Waals surface area contributed by atoms with Crippen LogP contribution in [0.25, 0.3) is 0 Å². The number of carbonyl (C=O) groups excluding carboxylic acids is 1. The number of nitrogens with one attached hydrogen (secondary N) is 1. The summed E-state index contributed by atoms with van der Waals surface area (Å²) in [6.07, 6.45) is 1.49. The summed E-state index contributed by atoms with van der Waals surface area (Å²) in [4.78, 5) is 11.7. The van der Waals surface area contributed by atoms with E-state index >= 15 is 0 Å². The van der Waals surface area contributed by atoms with Crippen LogP contribution in [0.2, 0.25) is 0 Å². The second kappa shape index (κ2) is 4.09. The Labute approximate surface area is 92.3 Å². The second-order valence-corrected chi connectivity index (χ2v) is 4.06. The van der Waals surface area contributed by atoms with E-state index in [0.717, 1.165) is 25.0 Å². The first-order valence-corrected chi connectivity index (χ1v) is 5.11. The first-order valence-electron chi connectivity index (χ1n) is 5.11. The molecule has 0 spiro atoms. The van der Waals surface area contributed by atoms with E-state index in [1.165, 1.54) is 6.07 Å². The molecule has 1 aliphatic carbocycles. The van der Waals surface area contributed by atoms with Crippen molar-refractivity contribution in [3.63, 3.8) is 0 Å². The monoisotopic (exact) mass is 224 g/mol. The molecule has 0 atom stereocenters. The van der Waals surface area contributed by atoms with Gasteiger partial charge in [-0.05, 0) is 25.0 Å². The summed E-state index contributed by atoms with van der Waals surface area (Å²) in [6.45, 7) is 0. The van der Waals surface area contributed by atoms with Crippen LogP contribution in [0.5, 0.6) is 5.75 Å². The van der Waals surface area contributed by atoms with Gasteiger partial charge in [0.25, 0.3) is 5.91 Å². The molecule has 5 heteroatoms. The largest absolute Gasteiger partial charge is 0.507 e. The van der Waals surface area contributed by atoms with Crippen molar-refractivity contribution in [2.24, 2.45) is 5.73 Å². The standard InChI is InChI=1S/C11H13FN2O2/c12-6-1-2-9(10(15)3-6)11(16)14-8-4-7(13)5-8/h1-3,7-8,15H,4-5,13H2,(H,14,16). The number of carbonyl (C=O) groups is 1. The number of amides is 1. The Morgan fingerprint density at radius 2 is 2.19 bits per heavy atom. The molecule has 4 nitrogen and oxygen atoms in total. The highest BCUT2D eigenvalue weighted by Crippen LogP contribution is 2.21. The first kappa shape index (κ1) is 10.9. The van der Waals surface area contributed by atoms with E-state index in [9.17, 15) is 14.3 Å². The summed E-state index contributed by atoms with van der Waals surface area (Å²) in [5.74, 6) is -1.31. The van der Waals surface area contributed by atoms with Gasteiger partial charge in [-0.1, -0.05) is 0 Å². The van der Waals surface area contributed by atoms with Gasteiger partial charge in [0.1, 0.15) is 11.6 Å². The lowest BCUT2D eigenvalue weighted by molar-refractivity contribution is 0.0907. The van der Waals surface area contributed by atoms with Crippen molar-refractivity contribution in [2.75, 3.05) is 0 Å². The molecular formula is C11H13FN2O2. The fourth-order valence-electron chi connectivity index (χ4n) is 1.74. The molecule has 0 aliphatic heterocycles. The van der Waals surface area contributed by atoms with Gasteiger partial charge in [-0.3, -0.25) is 4.79 Å². The van der Waals surface area contributed by atoms with Crippen molar-refractivity contribution < 1.29 is 14.3 Å². The highest BCUT2D eigenvalue weighted by Gasteiger charge is 2.28. The molecule has 1 fully saturated rings. The molecule has 1 saturated carbocycles. The number of hydrogen-bond acceptors (Lipinski definition) is 3. The maximum atomic E-state index is 12.7. The fourth-order valence-corrected chi connectivity index (χ4v) is 1.74. The van der Waals surface area contributed by atoms with E-state index < -0.39 is 11.7 Å². The van der Waals surface area contributed by atoms with Gasteiger partial charge in [0.15, 0.2) is 0 Å². The lowest BCUT2D eigenvalue weighted by atomic mass is 9.87. The predicted molar refractivity (Wildman–Crippen MR) is 56.5 cm³/mol. The highest BCUT2D eigenvalue weighted by molar-refractivity contribution is 5.97. The number of halogens is 1.